The summed E-state index contributed by atoms with van der Waals surface area (Å²) < 4.78 is 31.3. The molecular formula is C12H15F2NO2. The van der Waals surface area contributed by atoms with Gasteiger partial charge in [0.05, 0.1) is 19.2 Å². The van der Waals surface area contributed by atoms with Crippen LogP contribution in [0.15, 0.2) is 18.2 Å². The Morgan fingerprint density at radius 3 is 2.59 bits per heavy atom. The lowest BCUT2D eigenvalue weighted by Gasteiger charge is -2.14. The van der Waals surface area contributed by atoms with Crippen molar-refractivity contribution in [3.05, 3.63) is 29.3 Å². The van der Waals surface area contributed by atoms with Gasteiger partial charge in [0.2, 0.25) is 0 Å². The first-order valence-electron chi connectivity index (χ1n) is 5.14. The normalized spacial score (nSPS) is 11.4. The van der Waals surface area contributed by atoms with E-state index in [-0.39, 0.29) is 23.5 Å². The molecule has 0 radical (unpaired) electrons. The number of hydrogen-bond acceptors (Lipinski definition) is 3. The number of ketones is 1. The second-order valence-corrected chi connectivity index (χ2v) is 3.76. The standard InChI is InChI=1S/C12H15F2NO2/c1-12(13,14)8-4-5-11(17-3)9(6-8)10(16)7-15-2/h4-6,15H,7H2,1-3H3. The zero-order chi connectivity index (χ0) is 13.1. The Balaban J connectivity index is 3.20. The number of ether oxygens (including phenoxy) is 1. The molecule has 0 aliphatic heterocycles. The number of rotatable bonds is 5. The highest BCUT2D eigenvalue weighted by Crippen LogP contribution is 2.30. The topological polar surface area (TPSA) is 38.3 Å². The maximum Gasteiger partial charge on any atom is 0.270 e. The zero-order valence-electron chi connectivity index (χ0n) is 10.0. The lowest BCUT2D eigenvalue weighted by Crippen LogP contribution is -2.20. The molecule has 0 aliphatic carbocycles. The monoisotopic (exact) mass is 243 g/mol. The molecule has 3 nitrogen and oxygen atoms in total. The van der Waals surface area contributed by atoms with Gasteiger partial charge in [0.15, 0.2) is 5.78 Å². The van der Waals surface area contributed by atoms with Crippen molar-refractivity contribution < 1.29 is 18.3 Å². The Morgan fingerprint density at radius 1 is 1.47 bits per heavy atom. The van der Waals surface area contributed by atoms with Crippen LogP contribution in [0.25, 0.3) is 0 Å². The van der Waals surface area contributed by atoms with Crippen LogP contribution in [-0.2, 0) is 5.92 Å². The van der Waals surface area contributed by atoms with Gasteiger partial charge >= 0.3 is 0 Å². The van der Waals surface area contributed by atoms with E-state index in [1.54, 1.807) is 7.05 Å². The van der Waals surface area contributed by atoms with Crippen molar-refractivity contribution in [2.24, 2.45) is 0 Å². The number of likely N-dealkylation sites (N-methyl/N-ethyl adjacent to an activating group) is 1. The molecule has 0 spiro atoms. The summed E-state index contributed by atoms with van der Waals surface area (Å²) in [5.41, 5.74) is -0.0290. The zero-order valence-corrected chi connectivity index (χ0v) is 10.0. The molecule has 0 heterocycles. The summed E-state index contributed by atoms with van der Waals surface area (Å²) in [6, 6.07) is 3.82. The van der Waals surface area contributed by atoms with Gasteiger partial charge in [-0.2, -0.15) is 0 Å². The van der Waals surface area contributed by atoms with Crippen LogP contribution in [0.4, 0.5) is 8.78 Å². The predicted octanol–water partition coefficient (Wildman–Crippen LogP) is 2.21. The molecule has 0 saturated heterocycles. The molecule has 1 N–H and O–H groups in total. The van der Waals surface area contributed by atoms with Crippen molar-refractivity contribution in [3.63, 3.8) is 0 Å². The van der Waals surface area contributed by atoms with Gasteiger partial charge in [0, 0.05) is 12.5 Å². The Hall–Kier alpha value is -1.49. The molecular weight excluding hydrogens is 228 g/mol. The van der Waals surface area contributed by atoms with Crippen LogP contribution in [0, 0.1) is 0 Å². The highest BCUT2D eigenvalue weighted by molar-refractivity contribution is 6.00. The van der Waals surface area contributed by atoms with E-state index in [1.165, 1.54) is 25.3 Å². The summed E-state index contributed by atoms with van der Waals surface area (Å²) in [5.74, 6) is -2.95. The molecule has 0 unspecified atom stereocenters. The number of nitrogens with one attached hydrogen (secondary N) is 1. The van der Waals surface area contributed by atoms with Gasteiger partial charge < -0.3 is 10.1 Å². The minimum Gasteiger partial charge on any atom is -0.496 e. The Bertz CT molecular complexity index is 413. The van der Waals surface area contributed by atoms with Crippen LogP contribution >= 0.6 is 0 Å². The van der Waals surface area contributed by atoms with E-state index in [9.17, 15) is 13.6 Å². The van der Waals surface area contributed by atoms with E-state index >= 15 is 0 Å². The second kappa shape index (κ2) is 5.23. The largest absolute Gasteiger partial charge is 0.496 e. The number of hydrogen-bond donors (Lipinski definition) is 1. The number of halogens is 2. The first-order valence-corrected chi connectivity index (χ1v) is 5.14. The summed E-state index contributed by atoms with van der Waals surface area (Å²) in [6.45, 7) is 0.871. The van der Waals surface area contributed by atoms with Crippen LogP contribution in [0.2, 0.25) is 0 Å². The molecule has 1 aromatic carbocycles. The molecule has 94 valence electrons. The summed E-state index contributed by atoms with van der Waals surface area (Å²) in [7, 11) is 3.01. The number of alkyl halides is 2. The van der Waals surface area contributed by atoms with Crippen molar-refractivity contribution >= 4 is 5.78 Å². The average molecular weight is 243 g/mol. The second-order valence-electron chi connectivity index (χ2n) is 3.76. The molecule has 0 aromatic heterocycles. The minimum absolute atomic E-state index is 0.0785. The fourth-order valence-corrected chi connectivity index (χ4v) is 1.45. The first kappa shape index (κ1) is 13.6. The van der Waals surface area contributed by atoms with E-state index in [0.717, 1.165) is 6.92 Å². The van der Waals surface area contributed by atoms with Crippen molar-refractivity contribution in [2.75, 3.05) is 20.7 Å². The van der Waals surface area contributed by atoms with Crippen LogP contribution in [0.1, 0.15) is 22.8 Å². The van der Waals surface area contributed by atoms with E-state index < -0.39 is 5.92 Å². The average Bonchev–Trinajstić information content (AvgIpc) is 2.27. The molecule has 0 atom stereocenters. The van der Waals surface area contributed by atoms with Gasteiger partial charge in [-0.25, -0.2) is 8.78 Å². The molecule has 0 aliphatic rings. The molecule has 1 aromatic rings. The lowest BCUT2D eigenvalue weighted by atomic mass is 10.0. The quantitative estimate of drug-likeness (QED) is 0.806. The van der Waals surface area contributed by atoms with Crippen molar-refractivity contribution in [1.29, 1.82) is 0 Å². The number of benzene rings is 1. The highest BCUT2D eigenvalue weighted by atomic mass is 19.3. The molecule has 1 rings (SSSR count). The Labute approximate surface area is 98.8 Å². The summed E-state index contributed by atoms with van der Waals surface area (Å²) in [5, 5.41) is 2.68. The summed E-state index contributed by atoms with van der Waals surface area (Å²) in [6.07, 6.45) is 0. The van der Waals surface area contributed by atoms with Gasteiger partial charge in [-0.1, -0.05) is 0 Å². The summed E-state index contributed by atoms with van der Waals surface area (Å²) >= 11 is 0. The molecule has 17 heavy (non-hydrogen) atoms. The third kappa shape index (κ3) is 3.23. The lowest BCUT2D eigenvalue weighted by molar-refractivity contribution is 0.0174. The van der Waals surface area contributed by atoms with Gasteiger partial charge in [-0.3, -0.25) is 4.79 Å². The number of methoxy groups -OCH3 is 1. The molecule has 0 amide bonds. The fraction of sp³-hybridized carbons (Fsp3) is 0.417. The maximum absolute atomic E-state index is 13.2. The van der Waals surface area contributed by atoms with Crippen molar-refractivity contribution in [2.45, 2.75) is 12.8 Å². The molecule has 0 bridgehead atoms. The predicted molar refractivity (Wildman–Crippen MR) is 60.8 cm³/mol. The van der Waals surface area contributed by atoms with Crippen LogP contribution in [-0.4, -0.2) is 26.5 Å². The van der Waals surface area contributed by atoms with Crippen LogP contribution < -0.4 is 10.1 Å². The Kier molecular flexibility index (Phi) is 4.17. The molecule has 5 heteroatoms. The minimum atomic E-state index is -2.97. The van der Waals surface area contributed by atoms with Crippen LogP contribution in [0.5, 0.6) is 5.75 Å². The van der Waals surface area contributed by atoms with E-state index in [1.807, 2.05) is 0 Å². The smallest absolute Gasteiger partial charge is 0.270 e. The van der Waals surface area contributed by atoms with Crippen molar-refractivity contribution in [1.82, 2.24) is 5.32 Å². The van der Waals surface area contributed by atoms with Crippen molar-refractivity contribution in [3.8, 4) is 5.75 Å². The van der Waals surface area contributed by atoms with E-state index in [0.29, 0.717) is 5.75 Å². The highest BCUT2D eigenvalue weighted by Gasteiger charge is 2.26. The number of carbonyl (C=O) groups is 1. The van der Waals surface area contributed by atoms with E-state index in [2.05, 4.69) is 5.32 Å². The third-order valence-corrected chi connectivity index (χ3v) is 2.34. The number of Topliss-reactive ketones (excluding diaryl/α,β-unsaturated/α-hetero) is 1. The van der Waals surface area contributed by atoms with Gasteiger partial charge in [-0.15, -0.1) is 0 Å². The third-order valence-electron chi connectivity index (χ3n) is 2.34. The number of carbonyl (C=O) groups excluding carboxylic acids is 1. The van der Waals surface area contributed by atoms with E-state index in [4.69, 9.17) is 4.74 Å². The van der Waals surface area contributed by atoms with Gasteiger partial charge in [-0.05, 0) is 25.2 Å². The first-order chi connectivity index (χ1) is 7.90. The SMILES string of the molecule is CNCC(=O)c1cc(C(C)(F)F)ccc1OC. The van der Waals surface area contributed by atoms with Gasteiger partial charge in [0.1, 0.15) is 5.75 Å². The van der Waals surface area contributed by atoms with Gasteiger partial charge in [0.25, 0.3) is 5.92 Å². The fourth-order valence-electron chi connectivity index (χ4n) is 1.45. The molecule has 0 fully saturated rings. The Morgan fingerprint density at radius 2 is 2.12 bits per heavy atom. The summed E-state index contributed by atoms with van der Waals surface area (Å²) in [4.78, 5) is 11.7. The maximum atomic E-state index is 13.2. The van der Waals surface area contributed by atoms with Crippen LogP contribution in [0.3, 0.4) is 0 Å². The molecule has 0 saturated carbocycles.